The summed E-state index contributed by atoms with van der Waals surface area (Å²) in [5, 5.41) is 0. The Kier molecular flexibility index (Phi) is 2.43. The van der Waals surface area contributed by atoms with E-state index in [-0.39, 0.29) is 0 Å². The van der Waals surface area contributed by atoms with Crippen molar-refractivity contribution in [2.24, 2.45) is 0 Å². The lowest BCUT2D eigenvalue weighted by Crippen LogP contribution is -2.16. The second-order valence-electron chi connectivity index (χ2n) is 5.99. The Hall–Kier alpha value is -1.30. The first kappa shape index (κ1) is 10.6. The highest BCUT2D eigenvalue weighted by atomic mass is 14.3. The second kappa shape index (κ2) is 4.12. The van der Waals surface area contributed by atoms with Crippen molar-refractivity contribution in [3.05, 3.63) is 57.7 Å². The van der Waals surface area contributed by atoms with E-state index in [1.807, 2.05) is 0 Å². The van der Waals surface area contributed by atoms with Gasteiger partial charge >= 0.3 is 0 Å². The maximum Gasteiger partial charge on any atom is -0.00554 e. The molecule has 0 bridgehead atoms. The summed E-state index contributed by atoms with van der Waals surface area (Å²) in [6.45, 7) is 0. The van der Waals surface area contributed by atoms with Gasteiger partial charge in [-0.05, 0) is 73.6 Å². The molecule has 0 unspecified atom stereocenters. The van der Waals surface area contributed by atoms with Gasteiger partial charge in [-0.3, -0.25) is 0 Å². The van der Waals surface area contributed by atoms with Crippen molar-refractivity contribution in [1.29, 1.82) is 0 Å². The van der Waals surface area contributed by atoms with E-state index in [1.54, 1.807) is 33.4 Å². The summed E-state index contributed by atoms with van der Waals surface area (Å²) < 4.78 is 0. The number of hydrogen-bond donors (Lipinski definition) is 0. The normalized spacial score (nSPS) is 21.3. The summed E-state index contributed by atoms with van der Waals surface area (Å²) >= 11 is 0. The van der Waals surface area contributed by atoms with E-state index in [0.717, 1.165) is 0 Å². The molecule has 0 heterocycles. The van der Waals surface area contributed by atoms with Crippen LogP contribution in [0.4, 0.5) is 0 Å². The third-order valence-corrected chi connectivity index (χ3v) is 4.94. The molecule has 3 aliphatic carbocycles. The van der Waals surface area contributed by atoms with Crippen LogP contribution in [0.3, 0.4) is 0 Å². The molecule has 1 aromatic carbocycles. The molecule has 4 rings (SSSR count). The fourth-order valence-corrected chi connectivity index (χ4v) is 3.92. The van der Waals surface area contributed by atoms with Crippen molar-refractivity contribution in [1.82, 2.24) is 0 Å². The van der Waals surface area contributed by atoms with Gasteiger partial charge in [0, 0.05) is 0 Å². The van der Waals surface area contributed by atoms with Gasteiger partial charge in [0.1, 0.15) is 0 Å². The lowest BCUT2D eigenvalue weighted by molar-refractivity contribution is 0.674. The predicted molar refractivity (Wildman–Crippen MR) is 75.9 cm³/mol. The Morgan fingerprint density at radius 1 is 0.667 bits per heavy atom. The van der Waals surface area contributed by atoms with Crippen LogP contribution in [0.5, 0.6) is 0 Å². The van der Waals surface area contributed by atoms with Gasteiger partial charge in [-0.1, -0.05) is 35.4 Å². The Balaban J connectivity index is 1.78. The molecular weight excluding hydrogens is 216 g/mol. The first-order valence-electron chi connectivity index (χ1n) is 7.39. The highest BCUT2D eigenvalue weighted by Gasteiger charge is 2.23. The summed E-state index contributed by atoms with van der Waals surface area (Å²) in [7, 11) is 0. The Bertz CT molecular complexity index is 558. The van der Waals surface area contributed by atoms with E-state index >= 15 is 0 Å². The zero-order valence-corrected chi connectivity index (χ0v) is 11.0. The van der Waals surface area contributed by atoms with E-state index in [4.69, 9.17) is 0 Å². The zero-order chi connectivity index (χ0) is 11.9. The average molecular weight is 236 g/mol. The second-order valence-corrected chi connectivity index (χ2v) is 5.99. The maximum absolute atomic E-state index is 2.42. The van der Waals surface area contributed by atoms with E-state index in [9.17, 15) is 0 Å². The molecule has 0 radical (unpaired) electrons. The minimum atomic E-state index is 1.20. The number of benzene rings is 1. The van der Waals surface area contributed by atoms with E-state index in [1.165, 1.54) is 51.4 Å². The van der Waals surface area contributed by atoms with Gasteiger partial charge < -0.3 is 0 Å². The number of rotatable bonds is 0. The lowest BCUT2D eigenvalue weighted by Gasteiger charge is -2.29. The summed E-state index contributed by atoms with van der Waals surface area (Å²) in [6.07, 6.45) is 15.0. The Labute approximate surface area is 109 Å². The number of fused-ring (bicyclic) bond motifs is 3. The molecule has 0 saturated carbocycles. The quantitative estimate of drug-likeness (QED) is 0.589. The van der Waals surface area contributed by atoms with Crippen molar-refractivity contribution >= 4 is 0 Å². The molecular formula is C18H20. The van der Waals surface area contributed by atoms with Crippen LogP contribution in [0.1, 0.15) is 47.9 Å². The number of aryl methyl sites for hydroxylation is 1. The van der Waals surface area contributed by atoms with E-state index in [2.05, 4.69) is 24.3 Å². The minimum absolute atomic E-state index is 1.20. The maximum atomic E-state index is 2.42. The van der Waals surface area contributed by atoms with Crippen molar-refractivity contribution in [3.63, 3.8) is 0 Å². The van der Waals surface area contributed by atoms with E-state index < -0.39 is 0 Å². The Morgan fingerprint density at radius 2 is 1.39 bits per heavy atom. The fraction of sp³-hybridized carbons (Fsp3) is 0.444. The summed E-state index contributed by atoms with van der Waals surface area (Å²) in [5.74, 6) is 0. The monoisotopic (exact) mass is 236 g/mol. The van der Waals surface area contributed by atoms with Gasteiger partial charge in [0.15, 0.2) is 0 Å². The lowest BCUT2D eigenvalue weighted by atomic mass is 9.76. The minimum Gasteiger partial charge on any atom is -0.0841 e. The standard InChI is InChI=1S/C18H20/c1-2-7-15-12-18-16(11-14(15)6-1)10-9-13-5-3-4-8-17(13)18/h1-2,9-10H,3-8,11-12H2. The third-order valence-electron chi connectivity index (χ3n) is 4.94. The molecule has 0 aliphatic heterocycles. The molecule has 0 amide bonds. The summed E-state index contributed by atoms with van der Waals surface area (Å²) in [4.78, 5) is 0. The van der Waals surface area contributed by atoms with Gasteiger partial charge in [-0.15, -0.1) is 0 Å². The number of allylic oxidation sites excluding steroid dienone is 4. The van der Waals surface area contributed by atoms with Crippen LogP contribution in [-0.2, 0) is 25.7 Å². The average Bonchev–Trinajstić information content (AvgIpc) is 2.45. The molecule has 0 fully saturated rings. The highest BCUT2D eigenvalue weighted by molar-refractivity contribution is 5.50. The van der Waals surface area contributed by atoms with Crippen molar-refractivity contribution in [2.45, 2.75) is 51.4 Å². The van der Waals surface area contributed by atoms with Crippen molar-refractivity contribution < 1.29 is 0 Å². The van der Waals surface area contributed by atoms with Crippen LogP contribution in [0.25, 0.3) is 0 Å². The van der Waals surface area contributed by atoms with Crippen LogP contribution in [0.2, 0.25) is 0 Å². The number of hydrogen-bond acceptors (Lipinski definition) is 0. The molecule has 0 nitrogen and oxygen atoms in total. The van der Waals surface area contributed by atoms with Crippen LogP contribution in [0, 0.1) is 0 Å². The van der Waals surface area contributed by atoms with Crippen molar-refractivity contribution in [2.75, 3.05) is 0 Å². The smallest absolute Gasteiger partial charge is 0.00554 e. The fourth-order valence-electron chi connectivity index (χ4n) is 3.92. The predicted octanol–water partition coefficient (Wildman–Crippen LogP) is 4.31. The van der Waals surface area contributed by atoms with Gasteiger partial charge in [0.2, 0.25) is 0 Å². The van der Waals surface area contributed by atoms with Crippen molar-refractivity contribution in [3.8, 4) is 0 Å². The van der Waals surface area contributed by atoms with Crippen LogP contribution < -0.4 is 0 Å². The molecule has 1 aromatic rings. The van der Waals surface area contributed by atoms with Crippen LogP contribution in [0.15, 0.2) is 35.4 Å². The molecule has 0 spiro atoms. The third kappa shape index (κ3) is 1.59. The van der Waals surface area contributed by atoms with Gasteiger partial charge in [-0.2, -0.15) is 0 Å². The SMILES string of the molecule is C1=CCC2=C(C1)Cc1ccc3c(c1C2)CCCC3. The zero-order valence-electron chi connectivity index (χ0n) is 11.0. The molecule has 0 atom stereocenters. The molecule has 18 heavy (non-hydrogen) atoms. The van der Waals surface area contributed by atoms with Gasteiger partial charge in [-0.25, -0.2) is 0 Å². The highest BCUT2D eigenvalue weighted by Crippen LogP contribution is 2.37. The molecule has 0 saturated heterocycles. The molecule has 0 heteroatoms. The van der Waals surface area contributed by atoms with Crippen LogP contribution in [-0.4, -0.2) is 0 Å². The van der Waals surface area contributed by atoms with Gasteiger partial charge in [0.05, 0.1) is 0 Å². The summed E-state index contributed by atoms with van der Waals surface area (Å²) in [6, 6.07) is 4.83. The molecule has 3 aliphatic rings. The first-order valence-corrected chi connectivity index (χ1v) is 7.39. The first-order chi connectivity index (χ1) is 8.92. The molecule has 0 aromatic heterocycles. The summed E-state index contributed by atoms with van der Waals surface area (Å²) in [5.41, 5.74) is 10.1. The van der Waals surface area contributed by atoms with Crippen LogP contribution >= 0.6 is 0 Å². The molecule has 92 valence electrons. The molecule has 0 N–H and O–H groups in total. The van der Waals surface area contributed by atoms with E-state index in [0.29, 0.717) is 0 Å². The van der Waals surface area contributed by atoms with Gasteiger partial charge in [0.25, 0.3) is 0 Å². The topological polar surface area (TPSA) is 0 Å². The Morgan fingerprint density at radius 3 is 2.28 bits per heavy atom. The largest absolute Gasteiger partial charge is 0.0841 e.